The molecule has 1 atom stereocenters. The summed E-state index contributed by atoms with van der Waals surface area (Å²) in [7, 11) is -3.42. The molecule has 158 valence electrons. The van der Waals surface area contributed by atoms with Crippen molar-refractivity contribution >= 4 is 21.6 Å². The van der Waals surface area contributed by atoms with Crippen molar-refractivity contribution in [2.75, 3.05) is 17.1 Å². The fourth-order valence-corrected chi connectivity index (χ4v) is 4.34. The van der Waals surface area contributed by atoms with Crippen LogP contribution < -0.4 is 9.62 Å². The van der Waals surface area contributed by atoms with E-state index in [-0.39, 0.29) is 24.9 Å². The van der Waals surface area contributed by atoms with Gasteiger partial charge in [0.05, 0.1) is 18.0 Å². The molecule has 0 bridgehead atoms. The molecule has 0 aliphatic rings. The summed E-state index contributed by atoms with van der Waals surface area (Å²) in [6.45, 7) is 10.2. The summed E-state index contributed by atoms with van der Waals surface area (Å²) in [6.07, 6.45) is 1.92. The van der Waals surface area contributed by atoms with E-state index in [1.165, 1.54) is 21.7 Å². The lowest BCUT2D eigenvalue weighted by molar-refractivity contribution is -0.121. The molecule has 5 nitrogen and oxygen atoms in total. The van der Waals surface area contributed by atoms with Crippen molar-refractivity contribution in [2.45, 2.75) is 53.5 Å². The van der Waals surface area contributed by atoms with Crippen LogP contribution in [0.1, 0.15) is 53.6 Å². The second kappa shape index (κ2) is 9.44. The normalized spacial score (nSPS) is 12.5. The number of hydrogen-bond donors (Lipinski definition) is 1. The number of aryl methyl sites for hydroxylation is 4. The predicted octanol–water partition coefficient (Wildman–Crippen LogP) is 4.34. The van der Waals surface area contributed by atoms with Gasteiger partial charge in [-0.05, 0) is 81.0 Å². The second-order valence-corrected chi connectivity index (χ2v) is 9.82. The van der Waals surface area contributed by atoms with Crippen LogP contribution >= 0.6 is 0 Å². The van der Waals surface area contributed by atoms with Crippen molar-refractivity contribution in [3.05, 3.63) is 64.2 Å². The Balaban J connectivity index is 1.98. The summed E-state index contributed by atoms with van der Waals surface area (Å²) >= 11 is 0. The molecule has 0 spiro atoms. The number of carbonyl (C=O) groups is 1. The topological polar surface area (TPSA) is 66.5 Å². The van der Waals surface area contributed by atoms with Crippen LogP contribution in [0.15, 0.2) is 36.4 Å². The van der Waals surface area contributed by atoms with Crippen molar-refractivity contribution < 1.29 is 13.2 Å². The summed E-state index contributed by atoms with van der Waals surface area (Å²) in [4.78, 5) is 12.4. The second-order valence-electron chi connectivity index (χ2n) is 7.92. The number of carbonyl (C=O) groups excluding carboxylic acids is 1. The molecule has 2 aromatic rings. The Bertz CT molecular complexity index is 963. The molecule has 29 heavy (non-hydrogen) atoms. The highest BCUT2D eigenvalue weighted by atomic mass is 32.2. The lowest BCUT2D eigenvalue weighted by Gasteiger charge is -2.23. The van der Waals surface area contributed by atoms with E-state index >= 15 is 0 Å². The molecule has 0 aromatic heterocycles. The zero-order valence-corrected chi connectivity index (χ0v) is 19.1. The molecule has 6 heteroatoms. The molecule has 0 saturated carbocycles. The molecule has 0 fully saturated rings. The highest BCUT2D eigenvalue weighted by molar-refractivity contribution is 7.92. The Hall–Kier alpha value is -2.34. The van der Waals surface area contributed by atoms with Crippen LogP contribution in [0, 0.1) is 27.7 Å². The van der Waals surface area contributed by atoms with Crippen LogP contribution in [0.25, 0.3) is 0 Å². The van der Waals surface area contributed by atoms with Crippen LogP contribution in [-0.4, -0.2) is 27.1 Å². The highest BCUT2D eigenvalue weighted by Gasteiger charge is 2.18. The maximum atomic E-state index is 12.4. The molecule has 2 aromatic carbocycles. The van der Waals surface area contributed by atoms with E-state index in [0.717, 1.165) is 16.7 Å². The Labute approximate surface area is 175 Å². The average Bonchev–Trinajstić information content (AvgIpc) is 2.59. The van der Waals surface area contributed by atoms with Crippen molar-refractivity contribution in [3.8, 4) is 0 Å². The first-order valence-electron chi connectivity index (χ1n) is 9.90. The third-order valence-electron chi connectivity index (χ3n) is 5.07. The smallest absolute Gasteiger partial charge is 0.232 e. The van der Waals surface area contributed by atoms with Crippen LogP contribution in [0.3, 0.4) is 0 Å². The monoisotopic (exact) mass is 416 g/mol. The van der Waals surface area contributed by atoms with E-state index in [2.05, 4.69) is 31.3 Å². The molecule has 0 radical (unpaired) electrons. The number of anilines is 1. The molecule has 0 aliphatic carbocycles. The lowest BCUT2D eigenvalue weighted by atomic mass is 10.0. The zero-order chi connectivity index (χ0) is 21.8. The first-order valence-corrected chi connectivity index (χ1v) is 11.7. The Morgan fingerprint density at radius 2 is 1.62 bits per heavy atom. The van der Waals surface area contributed by atoms with Gasteiger partial charge in [0.25, 0.3) is 0 Å². The van der Waals surface area contributed by atoms with Gasteiger partial charge in [-0.15, -0.1) is 0 Å². The molecule has 0 saturated heterocycles. The minimum atomic E-state index is -3.42. The van der Waals surface area contributed by atoms with Gasteiger partial charge < -0.3 is 5.32 Å². The molecular formula is C23H32N2O3S. The van der Waals surface area contributed by atoms with E-state index in [4.69, 9.17) is 0 Å². The van der Waals surface area contributed by atoms with Gasteiger partial charge in [-0.1, -0.05) is 24.3 Å². The predicted molar refractivity (Wildman–Crippen MR) is 120 cm³/mol. The van der Waals surface area contributed by atoms with Crippen molar-refractivity contribution in [1.82, 2.24) is 5.32 Å². The Kier molecular flexibility index (Phi) is 7.47. The van der Waals surface area contributed by atoms with Crippen LogP contribution in [-0.2, 0) is 14.8 Å². The van der Waals surface area contributed by atoms with Gasteiger partial charge in [0, 0.05) is 13.0 Å². The fourth-order valence-electron chi connectivity index (χ4n) is 3.40. The van der Waals surface area contributed by atoms with Gasteiger partial charge >= 0.3 is 0 Å². The van der Waals surface area contributed by atoms with Crippen LogP contribution in [0.4, 0.5) is 5.69 Å². The third-order valence-corrected chi connectivity index (χ3v) is 6.26. The van der Waals surface area contributed by atoms with Gasteiger partial charge in [0.1, 0.15) is 0 Å². The molecule has 0 heterocycles. The van der Waals surface area contributed by atoms with E-state index < -0.39 is 10.0 Å². The molecular weight excluding hydrogens is 384 g/mol. The van der Waals surface area contributed by atoms with E-state index in [9.17, 15) is 13.2 Å². The highest BCUT2D eigenvalue weighted by Crippen LogP contribution is 2.22. The number of nitrogens with one attached hydrogen (secondary N) is 1. The van der Waals surface area contributed by atoms with Crippen molar-refractivity contribution in [1.29, 1.82) is 0 Å². The average molecular weight is 417 g/mol. The van der Waals surface area contributed by atoms with Gasteiger partial charge in [-0.2, -0.15) is 0 Å². The van der Waals surface area contributed by atoms with Crippen molar-refractivity contribution in [2.24, 2.45) is 0 Å². The third kappa shape index (κ3) is 6.60. The number of amides is 1. The summed E-state index contributed by atoms with van der Waals surface area (Å²) < 4.78 is 25.9. The summed E-state index contributed by atoms with van der Waals surface area (Å²) in [6, 6.07) is 11.8. The summed E-state index contributed by atoms with van der Waals surface area (Å²) in [5.41, 5.74) is 6.14. The lowest BCUT2D eigenvalue weighted by Crippen LogP contribution is -2.32. The fraction of sp³-hybridized carbons (Fsp3) is 0.435. The maximum Gasteiger partial charge on any atom is 0.232 e. The first-order chi connectivity index (χ1) is 13.5. The first kappa shape index (κ1) is 22.9. The minimum Gasteiger partial charge on any atom is -0.350 e. The Morgan fingerprint density at radius 1 is 1.00 bits per heavy atom. The van der Waals surface area contributed by atoms with Crippen molar-refractivity contribution in [3.63, 3.8) is 0 Å². The van der Waals surface area contributed by atoms with E-state index in [1.807, 2.05) is 45.0 Å². The zero-order valence-electron chi connectivity index (χ0n) is 18.2. The van der Waals surface area contributed by atoms with Gasteiger partial charge in [-0.25, -0.2) is 8.42 Å². The molecule has 0 unspecified atom stereocenters. The summed E-state index contributed by atoms with van der Waals surface area (Å²) in [5, 5.41) is 3.01. The molecule has 0 aliphatic heterocycles. The quantitative estimate of drug-likeness (QED) is 0.696. The van der Waals surface area contributed by atoms with Crippen LogP contribution in [0.5, 0.6) is 0 Å². The SMILES string of the molecule is Cc1cc(C)cc(N(CCCC(=O)N[C@H](C)c2ccc(C)c(C)c2)S(C)(=O)=O)c1. The molecule has 1 amide bonds. The standard InChI is InChI=1S/C23H32N2O3S/c1-16-12-17(2)14-22(13-16)25(29(6,27)28)11-7-8-23(26)24-20(5)21-10-9-18(3)19(4)15-21/h9-10,12-15,20H,7-8,11H2,1-6H3,(H,24,26)/t20-/m1/s1. The number of benzene rings is 2. The number of nitrogens with zero attached hydrogens (tertiary/aromatic N) is 1. The number of hydrogen-bond acceptors (Lipinski definition) is 3. The maximum absolute atomic E-state index is 12.4. The van der Waals surface area contributed by atoms with Gasteiger partial charge in [0.2, 0.25) is 15.9 Å². The van der Waals surface area contributed by atoms with E-state index in [0.29, 0.717) is 12.1 Å². The van der Waals surface area contributed by atoms with Crippen LogP contribution in [0.2, 0.25) is 0 Å². The van der Waals surface area contributed by atoms with E-state index in [1.54, 1.807) is 0 Å². The summed E-state index contributed by atoms with van der Waals surface area (Å²) in [5.74, 6) is -0.0791. The van der Waals surface area contributed by atoms with Gasteiger partial charge in [0.15, 0.2) is 0 Å². The largest absolute Gasteiger partial charge is 0.350 e. The number of sulfonamides is 1. The molecule has 1 N–H and O–H groups in total. The van der Waals surface area contributed by atoms with Gasteiger partial charge in [-0.3, -0.25) is 9.10 Å². The Morgan fingerprint density at radius 3 is 2.17 bits per heavy atom. The number of rotatable bonds is 8. The molecule has 2 rings (SSSR count). The minimum absolute atomic E-state index is 0.0791.